The van der Waals surface area contributed by atoms with Gasteiger partial charge in [-0.25, -0.2) is 0 Å². The van der Waals surface area contributed by atoms with E-state index in [-0.39, 0.29) is 62.1 Å². The highest BCUT2D eigenvalue weighted by Crippen LogP contribution is 2.62. The second kappa shape index (κ2) is 21.7. The predicted molar refractivity (Wildman–Crippen MR) is 238 cm³/mol. The Morgan fingerprint density at radius 2 is 1.11 bits per heavy atom. The molecule has 0 bridgehead atoms. The molecule has 0 aliphatic heterocycles. The molecule has 328 valence electrons. The third kappa shape index (κ3) is 10.7. The maximum Gasteiger partial charge on any atom is 0.302 e. The van der Waals surface area contributed by atoms with Crippen molar-refractivity contribution in [2.75, 3.05) is 0 Å². The second-order valence-electron chi connectivity index (χ2n) is 20.0. The van der Waals surface area contributed by atoms with Crippen LogP contribution in [0.3, 0.4) is 0 Å². The van der Waals surface area contributed by atoms with Crippen molar-refractivity contribution in [3.05, 3.63) is 0 Å². The van der Waals surface area contributed by atoms with Crippen LogP contribution in [0.2, 0.25) is 0 Å². The molecule has 0 aromatic heterocycles. The molecule has 6 nitrogen and oxygen atoms in total. The fourth-order valence-electron chi connectivity index (χ4n) is 11.7. The zero-order chi connectivity index (χ0) is 43.3. The van der Waals surface area contributed by atoms with E-state index in [0.717, 1.165) is 103 Å². The number of amides is 1. The number of esters is 1. The first kappa shape index (κ1) is 53.9. The Kier molecular flexibility index (Phi) is 21.3. The van der Waals surface area contributed by atoms with Crippen LogP contribution < -0.4 is 11.1 Å². The Labute approximate surface area is 343 Å². The molecule has 55 heavy (non-hydrogen) atoms. The Morgan fingerprint density at radius 3 is 1.44 bits per heavy atom. The van der Waals surface area contributed by atoms with Crippen LogP contribution in [0.5, 0.6) is 0 Å². The summed E-state index contributed by atoms with van der Waals surface area (Å²) in [6.07, 6.45) is 14.6. The van der Waals surface area contributed by atoms with Crippen LogP contribution >= 0.6 is 0 Å². The SMILES string of the molecule is CCC(C)(CC)CC(OC(C)=O)C(CC)(CC)C(CC)(CC)CC(O)C(C)(C)C(C)(CC)CC(NC=O)C(C)(CC)C(CC)(CC)CC(N)C(C)(CC)CC. The Morgan fingerprint density at radius 1 is 0.636 bits per heavy atom. The second-order valence-corrected chi connectivity index (χ2v) is 20.0. The molecule has 0 radical (unpaired) electrons. The number of carbonyl (C=O) groups is 2. The van der Waals surface area contributed by atoms with E-state index in [1.807, 2.05) is 0 Å². The van der Waals surface area contributed by atoms with Crippen molar-refractivity contribution in [1.82, 2.24) is 5.32 Å². The van der Waals surface area contributed by atoms with Gasteiger partial charge in [0.1, 0.15) is 6.10 Å². The highest BCUT2D eigenvalue weighted by atomic mass is 16.5. The summed E-state index contributed by atoms with van der Waals surface area (Å²) in [5.74, 6) is -0.218. The average Bonchev–Trinajstić information content (AvgIpc) is 3.18. The van der Waals surface area contributed by atoms with Crippen LogP contribution in [0, 0.1) is 43.3 Å². The number of rotatable bonds is 30. The van der Waals surface area contributed by atoms with E-state index < -0.39 is 11.5 Å². The molecule has 4 N–H and O–H groups in total. The van der Waals surface area contributed by atoms with Gasteiger partial charge in [-0.05, 0) is 121 Å². The smallest absolute Gasteiger partial charge is 0.302 e. The third-order valence-corrected chi connectivity index (χ3v) is 18.8. The van der Waals surface area contributed by atoms with Gasteiger partial charge in [-0.3, -0.25) is 9.59 Å². The van der Waals surface area contributed by atoms with Crippen molar-refractivity contribution in [3.8, 4) is 0 Å². The van der Waals surface area contributed by atoms with E-state index in [1.54, 1.807) is 6.92 Å². The minimum atomic E-state index is -0.619. The first-order valence-electron chi connectivity index (χ1n) is 23.2. The fraction of sp³-hybridized carbons (Fsp3) is 0.959. The normalized spacial score (nSPS) is 18.1. The van der Waals surface area contributed by atoms with Crippen molar-refractivity contribution >= 4 is 12.4 Å². The monoisotopic (exact) mass is 779 g/mol. The molecular formula is C49H98N2O4. The summed E-state index contributed by atoms with van der Waals surface area (Å²) in [5, 5.41) is 16.3. The van der Waals surface area contributed by atoms with Gasteiger partial charge in [0.2, 0.25) is 6.41 Å². The number of ether oxygens (including phenoxy) is 1. The number of nitrogens with one attached hydrogen (secondary N) is 1. The third-order valence-electron chi connectivity index (χ3n) is 18.8. The number of aliphatic hydroxyl groups is 1. The molecule has 1 amide bonds. The summed E-state index contributed by atoms with van der Waals surface area (Å²) in [7, 11) is 0. The van der Waals surface area contributed by atoms with E-state index in [9.17, 15) is 14.7 Å². The zero-order valence-corrected chi connectivity index (χ0v) is 40.4. The topological polar surface area (TPSA) is 102 Å². The summed E-state index contributed by atoms with van der Waals surface area (Å²) in [6.45, 7) is 42.9. The summed E-state index contributed by atoms with van der Waals surface area (Å²) in [5.41, 5.74) is 5.61. The van der Waals surface area contributed by atoms with E-state index in [2.05, 4.69) is 130 Å². The van der Waals surface area contributed by atoms with Gasteiger partial charge in [-0.1, -0.05) is 144 Å². The van der Waals surface area contributed by atoms with Gasteiger partial charge >= 0.3 is 5.97 Å². The number of hydrogen-bond donors (Lipinski definition) is 3. The molecular weight excluding hydrogens is 681 g/mol. The number of nitrogens with two attached hydrogens (primary N) is 1. The fourth-order valence-corrected chi connectivity index (χ4v) is 11.7. The molecule has 0 spiro atoms. The maximum atomic E-state index is 12.9. The molecule has 0 aliphatic carbocycles. The van der Waals surface area contributed by atoms with Crippen molar-refractivity contribution in [3.63, 3.8) is 0 Å². The molecule has 6 atom stereocenters. The van der Waals surface area contributed by atoms with Gasteiger partial charge in [0.15, 0.2) is 0 Å². The lowest BCUT2D eigenvalue weighted by molar-refractivity contribution is -0.180. The van der Waals surface area contributed by atoms with Crippen LogP contribution in [0.15, 0.2) is 0 Å². The summed E-state index contributed by atoms with van der Waals surface area (Å²) >= 11 is 0. The van der Waals surface area contributed by atoms with Crippen molar-refractivity contribution in [2.24, 2.45) is 49.1 Å². The van der Waals surface area contributed by atoms with Gasteiger partial charge in [0, 0.05) is 24.4 Å². The lowest BCUT2D eigenvalue weighted by Gasteiger charge is -2.59. The largest absolute Gasteiger partial charge is 0.462 e. The predicted octanol–water partition coefficient (Wildman–Crippen LogP) is 13.2. The molecule has 0 aliphatic rings. The summed E-state index contributed by atoms with van der Waals surface area (Å²) in [6, 6.07) is -0.0486. The van der Waals surface area contributed by atoms with Crippen molar-refractivity contribution in [2.45, 2.75) is 259 Å². The van der Waals surface area contributed by atoms with Crippen molar-refractivity contribution < 1.29 is 19.4 Å². The van der Waals surface area contributed by atoms with E-state index in [1.165, 1.54) is 0 Å². The Bertz CT molecular complexity index is 1110. The summed E-state index contributed by atoms with van der Waals surface area (Å²) < 4.78 is 6.44. The number of hydrogen-bond acceptors (Lipinski definition) is 5. The van der Waals surface area contributed by atoms with Crippen molar-refractivity contribution in [1.29, 1.82) is 0 Å². The number of aliphatic hydroxyl groups excluding tert-OH is 1. The van der Waals surface area contributed by atoms with Gasteiger partial charge in [0.25, 0.3) is 0 Å². The lowest BCUT2D eigenvalue weighted by atomic mass is 9.48. The molecule has 0 aromatic rings. The van der Waals surface area contributed by atoms with E-state index >= 15 is 0 Å². The first-order valence-corrected chi connectivity index (χ1v) is 23.2. The van der Waals surface area contributed by atoms with Crippen LogP contribution in [0.4, 0.5) is 0 Å². The molecule has 0 saturated heterocycles. The van der Waals surface area contributed by atoms with Gasteiger partial charge in [-0.2, -0.15) is 0 Å². The quantitative estimate of drug-likeness (QED) is 0.0498. The van der Waals surface area contributed by atoms with Crippen LogP contribution in [-0.4, -0.2) is 41.8 Å². The Balaban J connectivity index is 7.47. The van der Waals surface area contributed by atoms with Crippen LogP contribution in [0.25, 0.3) is 0 Å². The highest BCUT2D eigenvalue weighted by molar-refractivity contribution is 5.66. The number of carbonyl (C=O) groups excluding carboxylic acids is 2. The molecule has 6 unspecified atom stereocenters. The molecule has 0 rings (SSSR count). The van der Waals surface area contributed by atoms with E-state index in [0.29, 0.717) is 6.42 Å². The molecule has 0 saturated carbocycles. The molecule has 6 heteroatoms. The first-order chi connectivity index (χ1) is 25.4. The van der Waals surface area contributed by atoms with Gasteiger partial charge < -0.3 is 20.9 Å². The average molecular weight is 779 g/mol. The van der Waals surface area contributed by atoms with Gasteiger partial charge in [0.05, 0.1) is 6.10 Å². The standard InChI is InChI=1S/C49H98N2O4/c1-20-43(16,21-2)35-41(55-37(13)53)49(30-11,31-12)48(28-9,29-10)34-40(54)42(14,15)45(18,24-5)33-39(51-36-52)46(19,25-6)47(26-7,27-8)32-38(50)44(17,22-3)23-4/h36,38-41,54H,20-35,50H2,1-19H3,(H,51,52). The summed E-state index contributed by atoms with van der Waals surface area (Å²) in [4.78, 5) is 25.5. The molecule has 0 aromatic carbocycles. The van der Waals surface area contributed by atoms with Crippen LogP contribution in [-0.2, 0) is 14.3 Å². The van der Waals surface area contributed by atoms with E-state index in [4.69, 9.17) is 10.5 Å². The molecule has 0 heterocycles. The Hall–Kier alpha value is -1.14. The zero-order valence-electron chi connectivity index (χ0n) is 40.4. The minimum absolute atomic E-state index is 0.0515. The van der Waals surface area contributed by atoms with Crippen LogP contribution in [0.1, 0.15) is 234 Å². The minimum Gasteiger partial charge on any atom is -0.462 e. The highest BCUT2D eigenvalue weighted by Gasteiger charge is 2.58. The lowest BCUT2D eigenvalue weighted by Crippen LogP contribution is -2.59. The maximum absolute atomic E-state index is 12.9. The van der Waals surface area contributed by atoms with Gasteiger partial charge in [-0.15, -0.1) is 0 Å². The molecule has 0 fully saturated rings.